The van der Waals surface area contributed by atoms with Gasteiger partial charge in [0, 0.05) is 16.6 Å². The molecule has 0 fully saturated rings. The van der Waals surface area contributed by atoms with E-state index in [0.29, 0.717) is 0 Å². The average Bonchev–Trinajstić information content (AvgIpc) is 2.59. The van der Waals surface area contributed by atoms with Crippen molar-refractivity contribution in [2.75, 3.05) is 0 Å². The van der Waals surface area contributed by atoms with E-state index in [0.717, 1.165) is 12.8 Å². The second kappa shape index (κ2) is 4.41. The molecule has 1 heterocycles. The molecule has 0 spiro atoms. The van der Waals surface area contributed by atoms with Crippen molar-refractivity contribution >= 4 is 17.0 Å². The van der Waals surface area contributed by atoms with Gasteiger partial charge in [-0.2, -0.15) is 0 Å². The Morgan fingerprint density at radius 2 is 2.05 bits per heavy atom. The first kappa shape index (κ1) is 12.3. The predicted molar refractivity (Wildman–Crippen MR) is 83.5 cm³/mol. The number of hydrogen-bond acceptors (Lipinski definition) is 0. The van der Waals surface area contributed by atoms with Crippen molar-refractivity contribution in [2.45, 2.75) is 39.0 Å². The van der Waals surface area contributed by atoms with Crippen LogP contribution in [0.5, 0.6) is 0 Å². The van der Waals surface area contributed by atoms with Crippen LogP contribution in [0.3, 0.4) is 0 Å². The lowest BCUT2D eigenvalue weighted by molar-refractivity contribution is 0.507. The van der Waals surface area contributed by atoms with E-state index in [4.69, 9.17) is 0 Å². The SMILES string of the molecule is CCC(C)(C)c1ccc2[nH]c3c(c2c1)CC=CC=C3. The fraction of sp³-hybridized carbons (Fsp3) is 0.333. The molecule has 0 aliphatic heterocycles. The summed E-state index contributed by atoms with van der Waals surface area (Å²) in [5.74, 6) is 0. The highest BCUT2D eigenvalue weighted by molar-refractivity contribution is 5.88. The molecule has 98 valence electrons. The lowest BCUT2D eigenvalue weighted by Crippen LogP contribution is -2.15. The fourth-order valence-electron chi connectivity index (χ4n) is 2.67. The number of aromatic amines is 1. The summed E-state index contributed by atoms with van der Waals surface area (Å²) in [5, 5.41) is 1.38. The minimum absolute atomic E-state index is 0.245. The van der Waals surface area contributed by atoms with Crippen LogP contribution >= 0.6 is 0 Å². The van der Waals surface area contributed by atoms with E-state index in [1.807, 2.05) is 0 Å². The zero-order valence-corrected chi connectivity index (χ0v) is 12.0. The number of hydrogen-bond donors (Lipinski definition) is 1. The monoisotopic (exact) mass is 251 g/mol. The molecule has 1 aromatic heterocycles. The number of rotatable bonds is 2. The van der Waals surface area contributed by atoms with Gasteiger partial charge in [-0.1, -0.05) is 45.1 Å². The molecule has 2 aromatic rings. The topological polar surface area (TPSA) is 15.8 Å². The smallest absolute Gasteiger partial charge is 0.0461 e. The van der Waals surface area contributed by atoms with Gasteiger partial charge in [-0.25, -0.2) is 0 Å². The van der Waals surface area contributed by atoms with E-state index in [-0.39, 0.29) is 5.41 Å². The van der Waals surface area contributed by atoms with Crippen LogP contribution in [-0.4, -0.2) is 4.98 Å². The van der Waals surface area contributed by atoms with Crippen LogP contribution in [0.1, 0.15) is 44.0 Å². The normalized spacial score (nSPS) is 14.7. The third-order valence-electron chi connectivity index (χ3n) is 4.44. The Morgan fingerprint density at radius 3 is 2.84 bits per heavy atom. The summed E-state index contributed by atoms with van der Waals surface area (Å²) >= 11 is 0. The molecule has 1 N–H and O–H groups in total. The maximum atomic E-state index is 3.53. The van der Waals surface area contributed by atoms with Gasteiger partial charge in [0.1, 0.15) is 0 Å². The van der Waals surface area contributed by atoms with E-state index < -0.39 is 0 Å². The molecule has 1 aliphatic rings. The molecular formula is C18H21N. The molecule has 0 atom stereocenters. The van der Waals surface area contributed by atoms with Crippen LogP contribution in [0.2, 0.25) is 0 Å². The summed E-state index contributed by atoms with van der Waals surface area (Å²) in [6.45, 7) is 6.89. The number of nitrogens with one attached hydrogen (secondary N) is 1. The van der Waals surface area contributed by atoms with Crippen LogP contribution in [0.25, 0.3) is 17.0 Å². The molecule has 1 aliphatic carbocycles. The number of H-pyrrole nitrogens is 1. The number of aromatic nitrogens is 1. The lowest BCUT2D eigenvalue weighted by atomic mass is 9.81. The predicted octanol–water partition coefficient (Wildman–Crippen LogP) is 4.98. The maximum Gasteiger partial charge on any atom is 0.0461 e. The highest BCUT2D eigenvalue weighted by atomic mass is 14.7. The molecule has 1 nitrogen and oxygen atoms in total. The molecule has 0 saturated heterocycles. The van der Waals surface area contributed by atoms with Gasteiger partial charge < -0.3 is 4.98 Å². The number of fused-ring (bicyclic) bond motifs is 3. The van der Waals surface area contributed by atoms with Crippen molar-refractivity contribution < 1.29 is 0 Å². The summed E-state index contributed by atoms with van der Waals surface area (Å²) in [5.41, 5.74) is 5.61. The zero-order chi connectivity index (χ0) is 13.5. The van der Waals surface area contributed by atoms with Gasteiger partial charge in [-0.05, 0) is 47.6 Å². The van der Waals surface area contributed by atoms with Crippen molar-refractivity contribution in [3.05, 3.63) is 53.2 Å². The third-order valence-corrected chi connectivity index (χ3v) is 4.44. The molecule has 19 heavy (non-hydrogen) atoms. The Labute approximate surface area is 115 Å². The van der Waals surface area contributed by atoms with Crippen molar-refractivity contribution in [1.82, 2.24) is 4.98 Å². The van der Waals surface area contributed by atoms with E-state index >= 15 is 0 Å². The first-order valence-electron chi connectivity index (χ1n) is 7.10. The van der Waals surface area contributed by atoms with Crippen molar-refractivity contribution in [3.63, 3.8) is 0 Å². The molecule has 1 aromatic carbocycles. The Bertz CT molecular complexity index is 668. The minimum atomic E-state index is 0.245. The average molecular weight is 251 g/mol. The second-order valence-electron chi connectivity index (χ2n) is 6.01. The van der Waals surface area contributed by atoms with E-state index in [2.05, 4.69) is 68.3 Å². The first-order valence-corrected chi connectivity index (χ1v) is 7.10. The maximum absolute atomic E-state index is 3.53. The van der Waals surface area contributed by atoms with Crippen LogP contribution in [0.15, 0.2) is 36.4 Å². The molecule has 0 bridgehead atoms. The Morgan fingerprint density at radius 1 is 1.21 bits per heavy atom. The quantitative estimate of drug-likeness (QED) is 0.774. The Balaban J connectivity index is 2.20. The molecule has 0 radical (unpaired) electrons. The summed E-state index contributed by atoms with van der Waals surface area (Å²) in [7, 11) is 0. The van der Waals surface area contributed by atoms with Gasteiger partial charge >= 0.3 is 0 Å². The van der Waals surface area contributed by atoms with E-state index in [9.17, 15) is 0 Å². The highest BCUT2D eigenvalue weighted by Crippen LogP contribution is 2.32. The zero-order valence-electron chi connectivity index (χ0n) is 12.0. The fourth-order valence-corrected chi connectivity index (χ4v) is 2.67. The van der Waals surface area contributed by atoms with Gasteiger partial charge in [-0.15, -0.1) is 0 Å². The Kier molecular flexibility index (Phi) is 2.85. The second-order valence-corrected chi connectivity index (χ2v) is 6.01. The molecule has 0 unspecified atom stereocenters. The molecular weight excluding hydrogens is 230 g/mol. The molecule has 1 heteroatoms. The lowest BCUT2D eigenvalue weighted by Gasteiger charge is -2.23. The third kappa shape index (κ3) is 2.03. The molecule has 0 saturated carbocycles. The standard InChI is InChI=1S/C18H21N/c1-4-18(2,3)13-10-11-17-15(12-13)14-8-6-5-7-9-16(14)19-17/h5-7,9-12,19H,4,8H2,1-3H3. The van der Waals surface area contributed by atoms with Crippen LogP contribution in [0.4, 0.5) is 0 Å². The van der Waals surface area contributed by atoms with E-state index in [1.165, 1.54) is 27.7 Å². The van der Waals surface area contributed by atoms with Crippen LogP contribution < -0.4 is 0 Å². The summed E-state index contributed by atoms with van der Waals surface area (Å²) in [6.07, 6.45) is 10.8. The minimum Gasteiger partial charge on any atom is -0.355 e. The summed E-state index contributed by atoms with van der Waals surface area (Å²) < 4.78 is 0. The van der Waals surface area contributed by atoms with Crippen molar-refractivity contribution in [1.29, 1.82) is 0 Å². The first-order chi connectivity index (χ1) is 9.12. The number of benzene rings is 1. The molecule has 3 rings (SSSR count). The van der Waals surface area contributed by atoms with Gasteiger partial charge in [0.15, 0.2) is 0 Å². The van der Waals surface area contributed by atoms with Gasteiger partial charge in [0.05, 0.1) is 0 Å². The highest BCUT2D eigenvalue weighted by Gasteiger charge is 2.19. The summed E-state index contributed by atoms with van der Waals surface area (Å²) in [4.78, 5) is 3.53. The molecule has 0 amide bonds. The van der Waals surface area contributed by atoms with Crippen LogP contribution in [-0.2, 0) is 11.8 Å². The van der Waals surface area contributed by atoms with Crippen molar-refractivity contribution in [2.24, 2.45) is 0 Å². The van der Waals surface area contributed by atoms with Gasteiger partial charge in [-0.3, -0.25) is 0 Å². The van der Waals surface area contributed by atoms with Gasteiger partial charge in [0.25, 0.3) is 0 Å². The number of allylic oxidation sites excluding steroid dienone is 3. The van der Waals surface area contributed by atoms with Gasteiger partial charge in [0.2, 0.25) is 0 Å². The van der Waals surface area contributed by atoms with Crippen LogP contribution in [0, 0.1) is 0 Å². The van der Waals surface area contributed by atoms with Crippen molar-refractivity contribution in [3.8, 4) is 0 Å². The largest absolute Gasteiger partial charge is 0.355 e. The van der Waals surface area contributed by atoms with E-state index in [1.54, 1.807) is 0 Å². The summed E-state index contributed by atoms with van der Waals surface area (Å²) in [6, 6.07) is 6.87. The Hall–Kier alpha value is -1.76.